The van der Waals surface area contributed by atoms with E-state index in [1.165, 1.54) is 19.2 Å². The maximum absolute atomic E-state index is 12.9. The van der Waals surface area contributed by atoms with Crippen molar-refractivity contribution in [2.75, 3.05) is 39.8 Å². The average Bonchev–Trinajstić information content (AvgIpc) is 3.45. The van der Waals surface area contributed by atoms with E-state index in [0.717, 1.165) is 18.4 Å². The van der Waals surface area contributed by atoms with Gasteiger partial charge in [0.1, 0.15) is 0 Å². The van der Waals surface area contributed by atoms with E-state index in [9.17, 15) is 18.0 Å². The van der Waals surface area contributed by atoms with E-state index in [4.69, 9.17) is 0 Å². The van der Waals surface area contributed by atoms with Crippen LogP contribution in [0.4, 0.5) is 0 Å². The van der Waals surface area contributed by atoms with E-state index in [-0.39, 0.29) is 16.7 Å². The molecule has 8 nitrogen and oxygen atoms in total. The number of carbonyl (C=O) groups is 2. The van der Waals surface area contributed by atoms with Gasteiger partial charge in [0, 0.05) is 37.8 Å². The standard InChI is InChI=1S/C18H26N4O4S/c1-13-3-6-15(27(25,26)19-2)11-16(13)18(24)22-9-7-21(8-10-22)12-17(23)20-14-4-5-14/h3,6,11,14,19H,4-5,7-10,12H2,1-2H3,(H,20,23). The summed E-state index contributed by atoms with van der Waals surface area (Å²) in [5.74, 6) is -0.138. The molecule has 0 radical (unpaired) electrons. The molecule has 2 N–H and O–H groups in total. The van der Waals surface area contributed by atoms with Crippen LogP contribution in [0.2, 0.25) is 0 Å². The first kappa shape index (κ1) is 19.8. The quantitative estimate of drug-likeness (QED) is 0.704. The average molecular weight is 394 g/mol. The summed E-state index contributed by atoms with van der Waals surface area (Å²) in [5, 5.41) is 2.97. The van der Waals surface area contributed by atoms with E-state index in [0.29, 0.717) is 44.3 Å². The van der Waals surface area contributed by atoms with Gasteiger partial charge in [0.25, 0.3) is 5.91 Å². The molecule has 1 heterocycles. The third kappa shape index (κ3) is 4.85. The van der Waals surface area contributed by atoms with Gasteiger partial charge in [-0.15, -0.1) is 0 Å². The van der Waals surface area contributed by atoms with Crippen LogP contribution in [0.3, 0.4) is 0 Å². The molecule has 1 aromatic carbocycles. The molecule has 27 heavy (non-hydrogen) atoms. The molecule has 2 fully saturated rings. The van der Waals surface area contributed by atoms with Crippen LogP contribution in [0.1, 0.15) is 28.8 Å². The first-order valence-electron chi connectivity index (χ1n) is 9.15. The van der Waals surface area contributed by atoms with Crippen molar-refractivity contribution in [3.63, 3.8) is 0 Å². The Labute approximate surface area is 160 Å². The molecule has 0 aromatic heterocycles. The first-order valence-corrected chi connectivity index (χ1v) is 10.6. The second-order valence-electron chi connectivity index (χ2n) is 7.09. The minimum absolute atomic E-state index is 0.0399. The summed E-state index contributed by atoms with van der Waals surface area (Å²) in [5.41, 5.74) is 1.13. The molecule has 1 aromatic rings. The van der Waals surface area contributed by atoms with E-state index < -0.39 is 10.0 Å². The fourth-order valence-corrected chi connectivity index (χ4v) is 3.86. The molecule has 1 saturated heterocycles. The summed E-state index contributed by atoms with van der Waals surface area (Å²) in [7, 11) is -2.26. The van der Waals surface area contributed by atoms with Crippen LogP contribution >= 0.6 is 0 Å². The molecule has 1 aliphatic heterocycles. The number of rotatable bonds is 6. The van der Waals surface area contributed by atoms with E-state index in [1.54, 1.807) is 17.9 Å². The van der Waals surface area contributed by atoms with E-state index in [2.05, 4.69) is 10.0 Å². The molecule has 3 rings (SSSR count). The summed E-state index contributed by atoms with van der Waals surface area (Å²) in [4.78, 5) is 28.6. The lowest BCUT2D eigenvalue weighted by Crippen LogP contribution is -2.51. The predicted molar refractivity (Wildman–Crippen MR) is 101 cm³/mol. The van der Waals surface area contributed by atoms with Gasteiger partial charge in [-0.2, -0.15) is 0 Å². The van der Waals surface area contributed by atoms with Crippen LogP contribution in [0.25, 0.3) is 0 Å². The van der Waals surface area contributed by atoms with Gasteiger partial charge < -0.3 is 10.2 Å². The minimum atomic E-state index is -3.60. The number of piperazine rings is 1. The Morgan fingerprint density at radius 1 is 1.15 bits per heavy atom. The van der Waals surface area contributed by atoms with Crippen molar-refractivity contribution in [1.29, 1.82) is 0 Å². The van der Waals surface area contributed by atoms with Crippen molar-refractivity contribution in [2.45, 2.75) is 30.7 Å². The van der Waals surface area contributed by atoms with E-state index >= 15 is 0 Å². The zero-order chi connectivity index (χ0) is 19.6. The molecule has 0 atom stereocenters. The monoisotopic (exact) mass is 394 g/mol. The molecule has 0 unspecified atom stereocenters. The van der Waals surface area contributed by atoms with Crippen LogP contribution in [0.15, 0.2) is 23.1 Å². The highest BCUT2D eigenvalue weighted by molar-refractivity contribution is 7.89. The minimum Gasteiger partial charge on any atom is -0.352 e. The highest BCUT2D eigenvalue weighted by Crippen LogP contribution is 2.19. The maximum Gasteiger partial charge on any atom is 0.254 e. The van der Waals surface area contributed by atoms with Gasteiger partial charge in [-0.05, 0) is 44.5 Å². The number of hydrogen-bond acceptors (Lipinski definition) is 5. The third-order valence-electron chi connectivity index (χ3n) is 4.99. The van der Waals surface area contributed by atoms with Crippen LogP contribution < -0.4 is 10.0 Å². The Kier molecular flexibility index (Phi) is 5.83. The Morgan fingerprint density at radius 2 is 1.81 bits per heavy atom. The van der Waals surface area contributed by atoms with Crippen molar-refractivity contribution >= 4 is 21.8 Å². The summed E-state index contributed by atoms with van der Waals surface area (Å²) in [6.45, 7) is 4.42. The smallest absolute Gasteiger partial charge is 0.254 e. The number of hydrogen-bond donors (Lipinski definition) is 2. The SMILES string of the molecule is CNS(=O)(=O)c1ccc(C)c(C(=O)N2CCN(CC(=O)NC3CC3)CC2)c1. The molecule has 9 heteroatoms. The fraction of sp³-hybridized carbons (Fsp3) is 0.556. The van der Waals surface area contributed by atoms with E-state index in [1.807, 2.05) is 4.90 Å². The van der Waals surface area contributed by atoms with Crippen LogP contribution in [-0.2, 0) is 14.8 Å². The summed E-state index contributed by atoms with van der Waals surface area (Å²) < 4.78 is 26.3. The lowest BCUT2D eigenvalue weighted by atomic mass is 10.1. The molecular weight excluding hydrogens is 368 g/mol. The fourth-order valence-electron chi connectivity index (χ4n) is 3.10. The summed E-state index contributed by atoms with van der Waals surface area (Å²) in [6, 6.07) is 4.92. The Morgan fingerprint density at radius 3 is 2.41 bits per heavy atom. The third-order valence-corrected chi connectivity index (χ3v) is 6.40. The maximum atomic E-state index is 12.9. The lowest BCUT2D eigenvalue weighted by molar-refractivity contribution is -0.122. The Balaban J connectivity index is 1.62. The molecule has 2 aliphatic rings. The number of nitrogens with one attached hydrogen (secondary N) is 2. The topological polar surface area (TPSA) is 98.8 Å². The Hall–Kier alpha value is -1.97. The second kappa shape index (κ2) is 7.95. The van der Waals surface area contributed by atoms with Gasteiger partial charge in [-0.25, -0.2) is 13.1 Å². The highest BCUT2D eigenvalue weighted by Gasteiger charge is 2.27. The molecule has 1 aliphatic carbocycles. The largest absolute Gasteiger partial charge is 0.352 e. The summed E-state index contributed by atoms with van der Waals surface area (Å²) in [6.07, 6.45) is 2.13. The first-order chi connectivity index (χ1) is 12.8. The molecule has 148 valence electrons. The Bertz CT molecular complexity index is 828. The zero-order valence-corrected chi connectivity index (χ0v) is 16.5. The van der Waals surface area contributed by atoms with Gasteiger partial charge >= 0.3 is 0 Å². The lowest BCUT2D eigenvalue weighted by Gasteiger charge is -2.34. The van der Waals surface area contributed by atoms with Crippen molar-refractivity contribution in [3.8, 4) is 0 Å². The number of sulfonamides is 1. The molecule has 2 amide bonds. The van der Waals surface area contributed by atoms with Gasteiger partial charge in [0.05, 0.1) is 11.4 Å². The van der Waals surface area contributed by atoms with Crippen LogP contribution in [0.5, 0.6) is 0 Å². The number of nitrogens with zero attached hydrogens (tertiary/aromatic N) is 2. The molecule has 1 saturated carbocycles. The number of carbonyl (C=O) groups excluding carboxylic acids is 2. The normalized spacial score (nSPS) is 18.4. The number of amides is 2. The number of benzene rings is 1. The van der Waals surface area contributed by atoms with Gasteiger partial charge in [-0.3, -0.25) is 14.5 Å². The zero-order valence-electron chi connectivity index (χ0n) is 15.7. The predicted octanol–water partition coefficient (Wildman–Crippen LogP) is -0.0605. The van der Waals surface area contributed by atoms with Crippen molar-refractivity contribution < 1.29 is 18.0 Å². The molecular formula is C18H26N4O4S. The summed E-state index contributed by atoms with van der Waals surface area (Å²) >= 11 is 0. The van der Waals surface area contributed by atoms with Crippen molar-refractivity contribution in [3.05, 3.63) is 29.3 Å². The van der Waals surface area contributed by atoms with Gasteiger partial charge in [0.2, 0.25) is 15.9 Å². The highest BCUT2D eigenvalue weighted by atomic mass is 32.2. The molecule has 0 spiro atoms. The number of aryl methyl sites for hydroxylation is 1. The van der Waals surface area contributed by atoms with Gasteiger partial charge in [0.15, 0.2) is 0 Å². The van der Waals surface area contributed by atoms with Crippen molar-refractivity contribution in [1.82, 2.24) is 19.8 Å². The van der Waals surface area contributed by atoms with Gasteiger partial charge in [-0.1, -0.05) is 6.07 Å². The second-order valence-corrected chi connectivity index (χ2v) is 8.98. The molecule has 0 bridgehead atoms. The van der Waals surface area contributed by atoms with Crippen LogP contribution in [0, 0.1) is 6.92 Å². The van der Waals surface area contributed by atoms with Crippen molar-refractivity contribution in [2.24, 2.45) is 0 Å². The van der Waals surface area contributed by atoms with Crippen LogP contribution in [-0.4, -0.2) is 75.8 Å².